The van der Waals surface area contributed by atoms with Gasteiger partial charge >= 0.3 is 0 Å². The van der Waals surface area contributed by atoms with E-state index in [0.29, 0.717) is 6.04 Å². The number of rotatable bonds is 8. The van der Waals surface area contributed by atoms with Gasteiger partial charge in [0.25, 0.3) is 0 Å². The van der Waals surface area contributed by atoms with Gasteiger partial charge in [0.2, 0.25) is 0 Å². The maximum absolute atomic E-state index is 3.58. The van der Waals surface area contributed by atoms with Crippen LogP contribution in [0.15, 0.2) is 18.2 Å². The summed E-state index contributed by atoms with van der Waals surface area (Å²) in [7, 11) is 0. The molecule has 19 heavy (non-hydrogen) atoms. The predicted molar refractivity (Wildman–Crippen MR) is 84.8 cm³/mol. The average molecular weight is 262 g/mol. The SMILES string of the molecule is Cc1ccc(CCNC(C)CNCC(C)C)cc1C. The third kappa shape index (κ3) is 6.74. The second kappa shape index (κ2) is 8.34. The molecule has 0 heterocycles. The summed E-state index contributed by atoms with van der Waals surface area (Å²) in [4.78, 5) is 0. The van der Waals surface area contributed by atoms with Crippen molar-refractivity contribution >= 4 is 0 Å². The van der Waals surface area contributed by atoms with E-state index in [-0.39, 0.29) is 0 Å². The van der Waals surface area contributed by atoms with Crippen molar-refractivity contribution in [2.75, 3.05) is 19.6 Å². The van der Waals surface area contributed by atoms with Crippen molar-refractivity contribution in [3.05, 3.63) is 34.9 Å². The molecule has 0 aliphatic rings. The molecule has 0 saturated carbocycles. The summed E-state index contributed by atoms with van der Waals surface area (Å²) in [5, 5.41) is 7.06. The molecule has 0 aromatic heterocycles. The van der Waals surface area contributed by atoms with Crippen LogP contribution in [0.5, 0.6) is 0 Å². The fraction of sp³-hybridized carbons (Fsp3) is 0.647. The molecular formula is C17H30N2. The standard InChI is InChI=1S/C17H30N2/c1-13(2)11-18-12-16(5)19-9-8-17-7-6-14(3)15(4)10-17/h6-7,10,13,16,18-19H,8-9,11-12H2,1-5H3. The van der Waals surface area contributed by atoms with E-state index >= 15 is 0 Å². The summed E-state index contributed by atoms with van der Waals surface area (Å²) in [6.07, 6.45) is 1.11. The molecule has 0 bridgehead atoms. The molecule has 1 aromatic carbocycles. The van der Waals surface area contributed by atoms with Crippen molar-refractivity contribution < 1.29 is 0 Å². The van der Waals surface area contributed by atoms with Crippen LogP contribution in [0, 0.1) is 19.8 Å². The number of hydrogen-bond acceptors (Lipinski definition) is 2. The highest BCUT2D eigenvalue weighted by Gasteiger charge is 2.02. The fourth-order valence-corrected chi connectivity index (χ4v) is 2.08. The molecule has 108 valence electrons. The van der Waals surface area contributed by atoms with Crippen LogP contribution in [0.25, 0.3) is 0 Å². The second-order valence-electron chi connectivity index (χ2n) is 6.08. The Morgan fingerprint density at radius 1 is 1.00 bits per heavy atom. The van der Waals surface area contributed by atoms with Gasteiger partial charge in [-0.25, -0.2) is 0 Å². The van der Waals surface area contributed by atoms with E-state index in [1.165, 1.54) is 16.7 Å². The van der Waals surface area contributed by atoms with Crippen molar-refractivity contribution in [1.29, 1.82) is 0 Å². The first-order chi connectivity index (χ1) is 8.99. The lowest BCUT2D eigenvalue weighted by Gasteiger charge is -2.16. The van der Waals surface area contributed by atoms with Crippen LogP contribution in [0.3, 0.4) is 0 Å². The Morgan fingerprint density at radius 2 is 1.74 bits per heavy atom. The van der Waals surface area contributed by atoms with Gasteiger partial charge in [0.15, 0.2) is 0 Å². The molecule has 0 saturated heterocycles. The first kappa shape index (κ1) is 16.2. The normalized spacial score (nSPS) is 12.9. The van der Waals surface area contributed by atoms with E-state index in [4.69, 9.17) is 0 Å². The minimum absolute atomic E-state index is 0.533. The Labute approximate surface area is 119 Å². The molecule has 1 unspecified atom stereocenters. The monoisotopic (exact) mass is 262 g/mol. The Hall–Kier alpha value is -0.860. The third-order valence-electron chi connectivity index (χ3n) is 3.48. The van der Waals surface area contributed by atoms with Gasteiger partial charge in [0, 0.05) is 12.6 Å². The molecule has 2 nitrogen and oxygen atoms in total. The summed E-state index contributed by atoms with van der Waals surface area (Å²) in [5.74, 6) is 0.725. The second-order valence-corrected chi connectivity index (χ2v) is 6.08. The van der Waals surface area contributed by atoms with Gasteiger partial charge in [-0.1, -0.05) is 32.0 Å². The maximum atomic E-state index is 3.58. The molecular weight excluding hydrogens is 232 g/mol. The molecule has 2 N–H and O–H groups in total. The van der Waals surface area contributed by atoms with E-state index < -0.39 is 0 Å². The van der Waals surface area contributed by atoms with Crippen LogP contribution >= 0.6 is 0 Å². The minimum Gasteiger partial charge on any atom is -0.315 e. The zero-order chi connectivity index (χ0) is 14.3. The van der Waals surface area contributed by atoms with Crippen LogP contribution in [-0.4, -0.2) is 25.7 Å². The Morgan fingerprint density at radius 3 is 2.37 bits per heavy atom. The topological polar surface area (TPSA) is 24.1 Å². The number of benzene rings is 1. The van der Waals surface area contributed by atoms with Crippen molar-refractivity contribution in [1.82, 2.24) is 10.6 Å². The summed E-state index contributed by atoms with van der Waals surface area (Å²) in [6, 6.07) is 7.30. The van der Waals surface area contributed by atoms with Crippen molar-refractivity contribution in [3.63, 3.8) is 0 Å². The molecule has 0 fully saturated rings. The fourth-order valence-electron chi connectivity index (χ4n) is 2.08. The first-order valence-corrected chi connectivity index (χ1v) is 7.49. The summed E-state index contributed by atoms with van der Waals surface area (Å²) >= 11 is 0. The van der Waals surface area contributed by atoms with E-state index in [2.05, 4.69) is 63.5 Å². The van der Waals surface area contributed by atoms with Gasteiger partial charge < -0.3 is 10.6 Å². The van der Waals surface area contributed by atoms with Crippen molar-refractivity contribution in [3.8, 4) is 0 Å². The highest BCUT2D eigenvalue weighted by atomic mass is 15.0. The highest BCUT2D eigenvalue weighted by Crippen LogP contribution is 2.09. The van der Waals surface area contributed by atoms with E-state index in [0.717, 1.165) is 32.0 Å². The Bertz CT molecular complexity index is 372. The van der Waals surface area contributed by atoms with Gasteiger partial charge in [-0.2, -0.15) is 0 Å². The number of aryl methyl sites for hydroxylation is 2. The largest absolute Gasteiger partial charge is 0.315 e. The maximum Gasteiger partial charge on any atom is 0.0164 e. The van der Waals surface area contributed by atoms with Crippen LogP contribution in [0.4, 0.5) is 0 Å². The molecule has 0 amide bonds. The third-order valence-corrected chi connectivity index (χ3v) is 3.48. The highest BCUT2D eigenvalue weighted by molar-refractivity contribution is 5.30. The molecule has 0 aliphatic carbocycles. The lowest BCUT2D eigenvalue weighted by Crippen LogP contribution is -2.38. The van der Waals surface area contributed by atoms with Crippen LogP contribution in [0.1, 0.15) is 37.5 Å². The lowest BCUT2D eigenvalue weighted by atomic mass is 10.0. The van der Waals surface area contributed by atoms with Crippen molar-refractivity contribution in [2.24, 2.45) is 5.92 Å². The molecule has 1 aromatic rings. The van der Waals surface area contributed by atoms with Crippen LogP contribution in [-0.2, 0) is 6.42 Å². The Kier molecular flexibility index (Phi) is 7.11. The average Bonchev–Trinajstić information content (AvgIpc) is 2.33. The zero-order valence-corrected chi connectivity index (χ0v) is 13.2. The molecule has 0 radical (unpaired) electrons. The predicted octanol–water partition coefficient (Wildman–Crippen LogP) is 3.07. The van der Waals surface area contributed by atoms with E-state index in [9.17, 15) is 0 Å². The van der Waals surface area contributed by atoms with Gasteiger partial charge in [0.1, 0.15) is 0 Å². The van der Waals surface area contributed by atoms with E-state index in [1.54, 1.807) is 0 Å². The number of hydrogen-bond donors (Lipinski definition) is 2. The molecule has 0 aliphatic heterocycles. The lowest BCUT2D eigenvalue weighted by molar-refractivity contribution is 0.474. The molecule has 2 heteroatoms. The van der Waals surface area contributed by atoms with Crippen LogP contribution in [0.2, 0.25) is 0 Å². The first-order valence-electron chi connectivity index (χ1n) is 7.49. The van der Waals surface area contributed by atoms with Crippen LogP contribution < -0.4 is 10.6 Å². The number of nitrogens with one attached hydrogen (secondary N) is 2. The minimum atomic E-state index is 0.533. The zero-order valence-electron chi connectivity index (χ0n) is 13.2. The van der Waals surface area contributed by atoms with Gasteiger partial charge in [-0.3, -0.25) is 0 Å². The Balaban J connectivity index is 2.20. The molecule has 1 atom stereocenters. The quantitative estimate of drug-likeness (QED) is 0.752. The van der Waals surface area contributed by atoms with E-state index in [1.807, 2.05) is 0 Å². The van der Waals surface area contributed by atoms with Gasteiger partial charge in [-0.15, -0.1) is 0 Å². The van der Waals surface area contributed by atoms with Gasteiger partial charge in [0.05, 0.1) is 0 Å². The smallest absolute Gasteiger partial charge is 0.0164 e. The summed E-state index contributed by atoms with van der Waals surface area (Å²) in [5.41, 5.74) is 4.20. The summed E-state index contributed by atoms with van der Waals surface area (Å²) in [6.45, 7) is 14.3. The van der Waals surface area contributed by atoms with Crippen molar-refractivity contribution in [2.45, 2.75) is 47.1 Å². The summed E-state index contributed by atoms with van der Waals surface area (Å²) < 4.78 is 0. The molecule has 0 spiro atoms. The van der Waals surface area contributed by atoms with Gasteiger partial charge in [-0.05, 0) is 62.9 Å². The molecule has 1 rings (SSSR count).